The number of aliphatic hydroxyl groups excluding tert-OH is 1. The Morgan fingerprint density at radius 3 is 2.41 bits per heavy atom. The molecule has 3 amide bonds. The third kappa shape index (κ3) is 5.47. The second kappa shape index (κ2) is 12.1. The van der Waals surface area contributed by atoms with Gasteiger partial charge in [0.15, 0.2) is 0 Å². The quantitative estimate of drug-likeness (QED) is 0.398. The number of cyclic esters (lactones) is 1. The van der Waals surface area contributed by atoms with Crippen LogP contribution in [0.15, 0.2) is 54.6 Å². The minimum absolute atomic E-state index is 0.172. The van der Waals surface area contributed by atoms with Crippen molar-refractivity contribution in [1.29, 1.82) is 0 Å². The van der Waals surface area contributed by atoms with E-state index in [1.165, 1.54) is 4.90 Å². The number of amides is 3. The lowest BCUT2D eigenvalue weighted by Crippen LogP contribution is -2.62. The first-order valence-electron chi connectivity index (χ1n) is 15.6. The number of nitrogens with zero attached hydrogens (tertiary/aromatic N) is 2. The smallest absolute Gasteiger partial charge is 0.313 e. The van der Waals surface area contributed by atoms with Crippen LogP contribution in [0.5, 0.6) is 0 Å². The maximum absolute atomic E-state index is 14.7. The lowest BCUT2D eigenvalue weighted by Gasteiger charge is -2.43. The standard InChI is InChI=1S/C34H45N3O7/c1-20(2)23(19-38)37-29-31(41)36(33(4,5)6)18-12-8-11-15-25(39)35-21(3)28(22-13-9-7-10-14-22)43-32(42)26-24-16-17-34(29,44-24)27(26)30(37)40/h7-10,12-14,16-17,20-21,23-24,26-29,38H,11,15,18-19H2,1-6H3,(H,35,39)/b12-8-/t21-,23-,24+,26-,27-,28+,29+,34-/m0/s1. The van der Waals surface area contributed by atoms with Gasteiger partial charge in [0.2, 0.25) is 17.7 Å². The molecule has 4 aliphatic heterocycles. The topological polar surface area (TPSA) is 125 Å². The summed E-state index contributed by atoms with van der Waals surface area (Å²) in [6, 6.07) is 6.87. The molecule has 8 atom stereocenters. The Bertz CT molecular complexity index is 1340. The van der Waals surface area contributed by atoms with Crippen molar-refractivity contribution in [3.05, 3.63) is 60.2 Å². The van der Waals surface area contributed by atoms with E-state index in [-0.39, 0.29) is 37.3 Å². The molecule has 5 bridgehead atoms. The van der Waals surface area contributed by atoms with Gasteiger partial charge in [0, 0.05) is 18.5 Å². The summed E-state index contributed by atoms with van der Waals surface area (Å²) in [5.74, 6) is -3.75. The van der Waals surface area contributed by atoms with Crippen LogP contribution in [-0.4, -0.2) is 87.1 Å². The average Bonchev–Trinajstić information content (AvgIpc) is 3.60. The number of rotatable bonds is 4. The van der Waals surface area contributed by atoms with Gasteiger partial charge in [0.1, 0.15) is 23.7 Å². The molecule has 2 fully saturated rings. The normalized spacial score (nSPS) is 34.3. The first-order chi connectivity index (χ1) is 20.8. The van der Waals surface area contributed by atoms with Crippen LogP contribution in [0.4, 0.5) is 0 Å². The van der Waals surface area contributed by atoms with Crippen LogP contribution in [0.3, 0.4) is 0 Å². The number of carbonyl (C=O) groups excluding carboxylic acids is 4. The summed E-state index contributed by atoms with van der Waals surface area (Å²) in [7, 11) is 0. The highest BCUT2D eigenvalue weighted by atomic mass is 16.6. The Kier molecular flexibility index (Phi) is 8.79. The molecule has 2 saturated heterocycles. The third-order valence-electron chi connectivity index (χ3n) is 9.41. The van der Waals surface area contributed by atoms with E-state index in [2.05, 4.69) is 5.32 Å². The van der Waals surface area contributed by atoms with Crippen LogP contribution in [0.1, 0.15) is 66.1 Å². The first-order valence-corrected chi connectivity index (χ1v) is 15.6. The predicted molar refractivity (Wildman–Crippen MR) is 163 cm³/mol. The summed E-state index contributed by atoms with van der Waals surface area (Å²) in [5.41, 5.74) is -1.32. The largest absolute Gasteiger partial charge is 0.455 e. The minimum Gasteiger partial charge on any atom is -0.455 e. The summed E-state index contributed by atoms with van der Waals surface area (Å²) >= 11 is 0. The molecule has 0 radical (unpaired) electrons. The molecule has 4 heterocycles. The molecule has 44 heavy (non-hydrogen) atoms. The third-order valence-corrected chi connectivity index (χ3v) is 9.41. The van der Waals surface area contributed by atoms with E-state index in [4.69, 9.17) is 9.47 Å². The predicted octanol–water partition coefficient (Wildman–Crippen LogP) is 2.92. The van der Waals surface area contributed by atoms with Crippen molar-refractivity contribution in [3.63, 3.8) is 0 Å². The highest BCUT2D eigenvalue weighted by molar-refractivity contribution is 5.99. The number of esters is 1. The summed E-state index contributed by atoms with van der Waals surface area (Å²) in [6.07, 6.45) is 6.36. The van der Waals surface area contributed by atoms with E-state index < -0.39 is 65.2 Å². The molecule has 10 heteroatoms. The zero-order valence-corrected chi connectivity index (χ0v) is 26.4. The van der Waals surface area contributed by atoms with Gasteiger partial charge < -0.3 is 29.7 Å². The number of likely N-dealkylation sites (tertiary alicyclic amines) is 1. The molecule has 0 aliphatic carbocycles. The van der Waals surface area contributed by atoms with Crippen LogP contribution in [-0.2, 0) is 28.7 Å². The zero-order valence-electron chi connectivity index (χ0n) is 26.4. The van der Waals surface area contributed by atoms with E-state index in [0.717, 1.165) is 0 Å². The van der Waals surface area contributed by atoms with Gasteiger partial charge in [-0.2, -0.15) is 0 Å². The van der Waals surface area contributed by atoms with Crippen molar-refractivity contribution in [2.75, 3.05) is 13.2 Å². The fourth-order valence-electron chi connectivity index (χ4n) is 7.20. The van der Waals surface area contributed by atoms with Gasteiger partial charge in [0.05, 0.1) is 30.7 Å². The monoisotopic (exact) mass is 607 g/mol. The fraction of sp³-hybridized carbons (Fsp3) is 0.588. The molecule has 0 saturated carbocycles. The summed E-state index contributed by atoms with van der Waals surface area (Å²) in [4.78, 5) is 59.4. The van der Waals surface area contributed by atoms with E-state index >= 15 is 0 Å². The number of aliphatic hydroxyl groups is 1. The van der Waals surface area contributed by atoms with Crippen molar-refractivity contribution in [2.24, 2.45) is 17.8 Å². The van der Waals surface area contributed by atoms with Gasteiger partial charge in [-0.15, -0.1) is 0 Å². The van der Waals surface area contributed by atoms with Crippen LogP contribution in [0.25, 0.3) is 0 Å². The van der Waals surface area contributed by atoms with E-state index in [1.54, 1.807) is 24.0 Å². The van der Waals surface area contributed by atoms with Crippen molar-refractivity contribution < 1.29 is 33.8 Å². The number of allylic oxidation sites excluding steroid dienone is 1. The van der Waals surface area contributed by atoms with Crippen molar-refractivity contribution in [3.8, 4) is 0 Å². The van der Waals surface area contributed by atoms with Crippen LogP contribution in [0, 0.1) is 17.8 Å². The van der Waals surface area contributed by atoms with Crippen molar-refractivity contribution >= 4 is 23.7 Å². The second-order valence-corrected chi connectivity index (χ2v) is 13.7. The van der Waals surface area contributed by atoms with Crippen molar-refractivity contribution in [2.45, 2.75) is 95.9 Å². The van der Waals surface area contributed by atoms with Gasteiger partial charge in [-0.05, 0) is 45.6 Å². The number of hydrogen-bond donors (Lipinski definition) is 2. The van der Waals surface area contributed by atoms with Gasteiger partial charge >= 0.3 is 5.97 Å². The maximum atomic E-state index is 14.7. The van der Waals surface area contributed by atoms with E-state index in [1.807, 2.05) is 77.1 Å². The number of nitrogens with one attached hydrogen (secondary N) is 1. The Morgan fingerprint density at radius 2 is 1.77 bits per heavy atom. The number of ether oxygens (including phenoxy) is 2. The molecule has 0 unspecified atom stereocenters. The number of hydrogen-bond acceptors (Lipinski definition) is 7. The number of benzene rings is 1. The zero-order chi connectivity index (χ0) is 32.0. The van der Waals surface area contributed by atoms with Gasteiger partial charge in [0.25, 0.3) is 0 Å². The Morgan fingerprint density at radius 1 is 1.07 bits per heavy atom. The van der Waals surface area contributed by atoms with E-state index in [9.17, 15) is 24.3 Å². The lowest BCUT2D eigenvalue weighted by atomic mass is 9.74. The second-order valence-electron chi connectivity index (χ2n) is 13.7. The number of carbonyl (C=O) groups is 4. The Labute approximate surface area is 259 Å². The highest BCUT2D eigenvalue weighted by Gasteiger charge is 2.74. The molecule has 5 rings (SSSR count). The average molecular weight is 608 g/mol. The van der Waals surface area contributed by atoms with Gasteiger partial charge in [-0.3, -0.25) is 19.2 Å². The SMILES string of the molecule is CC(C)[C@H](CO)N1C(=O)[C@@H]2[C@H]3C(=O)O[C@@H](c4ccccc4)[C@H](C)NC(=O)CC/C=C\CN(C(C)(C)C)C(=O)[C@@H]1[C@]21C=C[C@H]3O1. The Balaban J connectivity index is 1.63. The molecule has 1 aromatic carbocycles. The van der Waals surface area contributed by atoms with Crippen molar-refractivity contribution in [1.82, 2.24) is 15.1 Å². The minimum atomic E-state index is -1.39. The molecule has 10 nitrogen and oxygen atoms in total. The van der Waals surface area contributed by atoms with Gasteiger partial charge in [-0.25, -0.2) is 0 Å². The molecular formula is C34H45N3O7. The lowest BCUT2D eigenvalue weighted by molar-refractivity contribution is -0.162. The summed E-state index contributed by atoms with van der Waals surface area (Å²) in [5, 5.41) is 13.5. The first kappa shape index (κ1) is 31.9. The number of fused-ring (bicyclic) bond motifs is 2. The van der Waals surface area contributed by atoms with Crippen LogP contribution < -0.4 is 5.32 Å². The molecule has 1 spiro atoms. The Hall–Kier alpha value is -3.50. The molecule has 238 valence electrons. The summed E-state index contributed by atoms with van der Waals surface area (Å²) in [6.45, 7) is 11.2. The molecule has 2 N–H and O–H groups in total. The molecular weight excluding hydrogens is 562 g/mol. The van der Waals surface area contributed by atoms with Gasteiger partial charge in [-0.1, -0.05) is 68.5 Å². The van der Waals surface area contributed by atoms with Crippen LogP contribution in [0.2, 0.25) is 0 Å². The summed E-state index contributed by atoms with van der Waals surface area (Å²) < 4.78 is 12.7. The molecule has 0 aromatic heterocycles. The highest BCUT2D eigenvalue weighted by Crippen LogP contribution is 2.56. The fourth-order valence-corrected chi connectivity index (χ4v) is 7.20. The van der Waals surface area contributed by atoms with E-state index in [0.29, 0.717) is 12.0 Å². The van der Waals surface area contributed by atoms with Crippen LogP contribution >= 0.6 is 0 Å². The maximum Gasteiger partial charge on any atom is 0.313 e. The molecule has 4 aliphatic rings. The molecule has 1 aromatic rings.